The summed E-state index contributed by atoms with van der Waals surface area (Å²) in [6, 6.07) is 12.3. The Labute approximate surface area is 207 Å². The van der Waals surface area contributed by atoms with Gasteiger partial charge in [0.15, 0.2) is 5.76 Å². The van der Waals surface area contributed by atoms with Crippen molar-refractivity contribution in [3.63, 3.8) is 0 Å². The fourth-order valence-electron chi connectivity index (χ4n) is 4.99. The van der Waals surface area contributed by atoms with Crippen LogP contribution in [0.3, 0.4) is 0 Å². The molecule has 2 aliphatic rings. The zero-order chi connectivity index (χ0) is 24.9. The molecule has 0 aliphatic carbocycles. The molecule has 1 fully saturated rings. The van der Waals surface area contributed by atoms with Crippen molar-refractivity contribution in [1.29, 1.82) is 5.41 Å². The summed E-state index contributed by atoms with van der Waals surface area (Å²) in [4.78, 5) is 13.7. The fraction of sp³-hybridized carbons (Fsp3) is 0.429. The molecule has 35 heavy (non-hydrogen) atoms. The second kappa shape index (κ2) is 11.0. The normalized spacial score (nSPS) is 19.3. The largest absolute Gasteiger partial charge is 0.493 e. The first kappa shape index (κ1) is 24.8. The van der Waals surface area contributed by atoms with E-state index >= 15 is 0 Å². The standard InChI is InChI=1S/C28H35N3O4/c1-18(28(32)33)13-19-5-6-20-8-10-24(35-25(20)14-19)21-7-9-23(27(30)26(16-29)34-2)22(15-21)17-31-11-3-4-12-31/h5-7,9,14-16,18,24,29H,3-4,8,10-13,17,30H2,1-2H3,(H,32,33). The lowest BCUT2D eigenvalue weighted by Gasteiger charge is -2.28. The number of methoxy groups -OCH3 is 1. The van der Waals surface area contributed by atoms with Crippen LogP contribution in [0.15, 0.2) is 42.2 Å². The highest BCUT2D eigenvalue weighted by Gasteiger charge is 2.24. The zero-order valence-corrected chi connectivity index (χ0v) is 20.5. The molecule has 186 valence electrons. The molecule has 2 unspecified atom stereocenters. The number of benzene rings is 2. The van der Waals surface area contributed by atoms with Gasteiger partial charge in [-0.25, -0.2) is 0 Å². The quantitative estimate of drug-likeness (QED) is 0.362. The third kappa shape index (κ3) is 5.68. The second-order valence-corrected chi connectivity index (χ2v) is 9.56. The number of rotatable bonds is 9. The van der Waals surface area contributed by atoms with E-state index in [4.69, 9.17) is 20.6 Å². The van der Waals surface area contributed by atoms with Crippen LogP contribution in [0.5, 0.6) is 5.75 Å². The first-order valence-corrected chi connectivity index (χ1v) is 12.3. The van der Waals surface area contributed by atoms with Crippen LogP contribution in [0.2, 0.25) is 0 Å². The molecule has 0 saturated carbocycles. The number of allylic oxidation sites excluding steroid dienone is 1. The molecule has 1 saturated heterocycles. The number of likely N-dealkylation sites (tertiary alicyclic amines) is 1. The number of carboxylic acid groups (broad SMARTS) is 1. The smallest absolute Gasteiger partial charge is 0.306 e. The SMILES string of the molecule is COC(C=N)=C(N)c1ccc(C2CCc3ccc(CC(C)C(=O)O)cc3O2)cc1CN1CCCC1. The fourth-order valence-corrected chi connectivity index (χ4v) is 4.99. The Hall–Kier alpha value is -3.32. The van der Waals surface area contributed by atoms with Gasteiger partial charge in [0.1, 0.15) is 11.9 Å². The Kier molecular flexibility index (Phi) is 7.76. The molecule has 2 atom stereocenters. The van der Waals surface area contributed by atoms with Crippen LogP contribution in [0, 0.1) is 11.3 Å². The number of ether oxygens (including phenoxy) is 2. The predicted molar refractivity (Wildman–Crippen MR) is 136 cm³/mol. The number of hydrogen-bond donors (Lipinski definition) is 3. The first-order chi connectivity index (χ1) is 16.9. The van der Waals surface area contributed by atoms with Gasteiger partial charge in [0.25, 0.3) is 0 Å². The lowest BCUT2D eigenvalue weighted by molar-refractivity contribution is -0.141. The van der Waals surface area contributed by atoms with Gasteiger partial charge in [0.05, 0.1) is 24.9 Å². The topological polar surface area (TPSA) is 109 Å². The van der Waals surface area contributed by atoms with Crippen molar-refractivity contribution >= 4 is 17.9 Å². The van der Waals surface area contributed by atoms with Gasteiger partial charge in [-0.15, -0.1) is 0 Å². The maximum Gasteiger partial charge on any atom is 0.306 e. The molecule has 2 heterocycles. The number of carboxylic acids is 1. The van der Waals surface area contributed by atoms with E-state index in [2.05, 4.69) is 23.1 Å². The van der Waals surface area contributed by atoms with Gasteiger partial charge in [-0.3, -0.25) is 9.69 Å². The summed E-state index contributed by atoms with van der Waals surface area (Å²) < 4.78 is 11.8. The molecule has 0 bridgehead atoms. The highest BCUT2D eigenvalue weighted by atomic mass is 16.5. The highest BCUT2D eigenvalue weighted by Crippen LogP contribution is 2.37. The van der Waals surface area contributed by atoms with Crippen molar-refractivity contribution in [3.05, 3.63) is 70.0 Å². The lowest BCUT2D eigenvalue weighted by Crippen LogP contribution is -2.21. The van der Waals surface area contributed by atoms with Crippen LogP contribution in [-0.2, 0) is 28.9 Å². The third-order valence-corrected chi connectivity index (χ3v) is 7.04. The van der Waals surface area contributed by atoms with Gasteiger partial charge in [-0.05, 0) is 73.5 Å². The van der Waals surface area contributed by atoms with Crippen LogP contribution in [0.4, 0.5) is 0 Å². The minimum Gasteiger partial charge on any atom is -0.493 e. The first-order valence-electron chi connectivity index (χ1n) is 12.3. The van der Waals surface area contributed by atoms with Crippen LogP contribution >= 0.6 is 0 Å². The van der Waals surface area contributed by atoms with E-state index in [0.717, 1.165) is 72.3 Å². The maximum atomic E-state index is 11.3. The second-order valence-electron chi connectivity index (χ2n) is 9.56. The van der Waals surface area contributed by atoms with Gasteiger partial charge in [-0.2, -0.15) is 0 Å². The van der Waals surface area contributed by atoms with Gasteiger partial charge in [0, 0.05) is 12.1 Å². The number of nitrogens with two attached hydrogens (primary N) is 1. The van der Waals surface area contributed by atoms with Gasteiger partial charge in [-0.1, -0.05) is 37.3 Å². The lowest BCUT2D eigenvalue weighted by atomic mass is 9.92. The van der Waals surface area contributed by atoms with E-state index in [0.29, 0.717) is 17.9 Å². The molecule has 2 aromatic rings. The van der Waals surface area contributed by atoms with Crippen molar-refractivity contribution < 1.29 is 19.4 Å². The van der Waals surface area contributed by atoms with E-state index in [1.54, 1.807) is 6.92 Å². The molecule has 2 aromatic carbocycles. The molecule has 0 spiro atoms. The van der Waals surface area contributed by atoms with Gasteiger partial charge < -0.3 is 25.7 Å². The molecule has 0 radical (unpaired) electrons. The van der Waals surface area contributed by atoms with Crippen molar-refractivity contribution in [2.75, 3.05) is 20.2 Å². The molecule has 4 rings (SSSR count). The van der Waals surface area contributed by atoms with E-state index in [-0.39, 0.29) is 6.10 Å². The summed E-state index contributed by atoms with van der Waals surface area (Å²) in [7, 11) is 1.53. The maximum absolute atomic E-state index is 11.3. The monoisotopic (exact) mass is 477 g/mol. The Morgan fingerprint density at radius 3 is 2.74 bits per heavy atom. The number of fused-ring (bicyclic) bond motifs is 1. The summed E-state index contributed by atoms with van der Waals surface area (Å²) >= 11 is 0. The summed E-state index contributed by atoms with van der Waals surface area (Å²) in [5.74, 6) is -0.0394. The number of carbonyl (C=O) groups is 1. The van der Waals surface area contributed by atoms with Crippen LogP contribution < -0.4 is 10.5 Å². The van der Waals surface area contributed by atoms with Crippen molar-refractivity contribution in [3.8, 4) is 5.75 Å². The average Bonchev–Trinajstić information content (AvgIpc) is 3.37. The number of nitrogens with one attached hydrogen (secondary N) is 1. The number of nitrogens with zero attached hydrogens (tertiary/aromatic N) is 1. The van der Waals surface area contributed by atoms with Crippen molar-refractivity contribution in [2.24, 2.45) is 11.7 Å². The highest BCUT2D eigenvalue weighted by molar-refractivity contribution is 5.86. The van der Waals surface area contributed by atoms with Crippen LogP contribution in [-0.4, -0.2) is 42.4 Å². The summed E-state index contributed by atoms with van der Waals surface area (Å²) in [6.45, 7) is 4.65. The van der Waals surface area contributed by atoms with E-state index in [1.165, 1.54) is 20.0 Å². The third-order valence-electron chi connectivity index (χ3n) is 7.04. The average molecular weight is 478 g/mol. The minimum absolute atomic E-state index is 0.0872. The molecular weight excluding hydrogens is 442 g/mol. The predicted octanol–water partition coefficient (Wildman–Crippen LogP) is 4.54. The molecule has 7 heteroatoms. The molecule has 4 N–H and O–H groups in total. The summed E-state index contributed by atoms with van der Waals surface area (Å²) in [6.07, 6.45) is 5.72. The van der Waals surface area contributed by atoms with Crippen LogP contribution in [0.1, 0.15) is 60.1 Å². The van der Waals surface area contributed by atoms with Crippen molar-refractivity contribution in [1.82, 2.24) is 4.90 Å². The van der Waals surface area contributed by atoms with Gasteiger partial charge in [0.2, 0.25) is 0 Å². The summed E-state index contributed by atoms with van der Waals surface area (Å²) in [5.41, 5.74) is 12.1. The van der Waals surface area contributed by atoms with Gasteiger partial charge >= 0.3 is 5.97 Å². The molecule has 0 aromatic heterocycles. The number of aryl methyl sites for hydroxylation is 1. The molecular formula is C28H35N3O4. The molecule has 0 amide bonds. The molecule has 2 aliphatic heterocycles. The molecule has 7 nitrogen and oxygen atoms in total. The van der Waals surface area contributed by atoms with Crippen molar-refractivity contribution in [2.45, 2.75) is 51.7 Å². The van der Waals surface area contributed by atoms with E-state index in [9.17, 15) is 9.90 Å². The van der Waals surface area contributed by atoms with Crippen LogP contribution in [0.25, 0.3) is 5.70 Å². The number of hydrogen-bond acceptors (Lipinski definition) is 6. The minimum atomic E-state index is -0.792. The Balaban J connectivity index is 1.62. The van der Waals surface area contributed by atoms with E-state index < -0.39 is 11.9 Å². The number of aliphatic carboxylic acids is 1. The zero-order valence-electron chi connectivity index (χ0n) is 20.5. The Morgan fingerprint density at radius 2 is 2.06 bits per heavy atom. The summed E-state index contributed by atoms with van der Waals surface area (Å²) in [5, 5.41) is 16.9. The van der Waals surface area contributed by atoms with E-state index in [1.807, 2.05) is 18.2 Å². The Bertz CT molecular complexity index is 1120. The Morgan fingerprint density at radius 1 is 1.29 bits per heavy atom.